The Kier molecular flexibility index (Phi) is 5.21. The molecule has 0 amide bonds. The highest BCUT2D eigenvalue weighted by molar-refractivity contribution is 5.55. The van der Waals surface area contributed by atoms with Crippen LogP contribution in [0.15, 0.2) is 18.2 Å². The maximum atomic E-state index is 13.1. The monoisotopic (exact) mass is 352 g/mol. The maximum absolute atomic E-state index is 13.1. The molecule has 2 fully saturated rings. The van der Waals surface area contributed by atoms with E-state index in [2.05, 4.69) is 16.8 Å². The second-order valence-corrected chi connectivity index (χ2v) is 6.92. The highest BCUT2D eigenvalue weighted by atomic mass is 19.4. The van der Waals surface area contributed by atoms with E-state index in [1.165, 1.54) is 18.9 Å². The van der Waals surface area contributed by atoms with Crippen LogP contribution in [-0.4, -0.2) is 62.2 Å². The summed E-state index contributed by atoms with van der Waals surface area (Å²) >= 11 is 0. The van der Waals surface area contributed by atoms with Crippen LogP contribution in [0.2, 0.25) is 0 Å². The number of hydrogen-bond donors (Lipinski definition) is 0. The van der Waals surface area contributed by atoms with Crippen molar-refractivity contribution in [2.45, 2.75) is 25.1 Å². The summed E-state index contributed by atoms with van der Waals surface area (Å²) in [5.41, 5.74) is -0.615. The van der Waals surface area contributed by atoms with Crippen LogP contribution in [-0.2, 0) is 6.18 Å². The van der Waals surface area contributed by atoms with Crippen molar-refractivity contribution in [3.8, 4) is 6.07 Å². The van der Waals surface area contributed by atoms with E-state index in [0.717, 1.165) is 32.2 Å². The molecule has 0 aliphatic carbocycles. The maximum Gasteiger partial charge on any atom is 0.417 e. The molecule has 2 saturated heterocycles. The number of benzene rings is 1. The summed E-state index contributed by atoms with van der Waals surface area (Å²) in [5.74, 6) is 0. The first-order chi connectivity index (χ1) is 11.9. The molecule has 2 aliphatic rings. The molecular weight excluding hydrogens is 329 g/mol. The highest BCUT2D eigenvalue weighted by Crippen LogP contribution is 2.34. The van der Waals surface area contributed by atoms with E-state index >= 15 is 0 Å². The van der Waals surface area contributed by atoms with E-state index in [9.17, 15) is 13.2 Å². The fourth-order valence-electron chi connectivity index (χ4n) is 3.84. The van der Waals surface area contributed by atoms with Gasteiger partial charge in [0.05, 0.1) is 17.2 Å². The Hall–Kier alpha value is -1.78. The van der Waals surface area contributed by atoms with Crippen molar-refractivity contribution in [3.63, 3.8) is 0 Å². The van der Waals surface area contributed by atoms with Gasteiger partial charge in [-0.15, -0.1) is 0 Å². The van der Waals surface area contributed by atoms with E-state index in [-0.39, 0.29) is 5.56 Å². The van der Waals surface area contributed by atoms with Crippen molar-refractivity contribution in [1.29, 1.82) is 5.26 Å². The van der Waals surface area contributed by atoms with Gasteiger partial charge in [-0.3, -0.25) is 4.90 Å². The number of alkyl halides is 3. The van der Waals surface area contributed by atoms with Crippen molar-refractivity contribution in [2.24, 2.45) is 0 Å². The lowest BCUT2D eigenvalue weighted by atomic mass is 10.0. The number of hydrogen-bond acceptors (Lipinski definition) is 4. The minimum absolute atomic E-state index is 0.319. The average Bonchev–Trinajstić information content (AvgIpc) is 2.60. The van der Waals surface area contributed by atoms with Crippen LogP contribution >= 0.6 is 0 Å². The number of rotatable bonds is 2. The molecule has 25 heavy (non-hydrogen) atoms. The molecule has 3 rings (SSSR count). The first kappa shape index (κ1) is 18.0. The third-order valence-corrected chi connectivity index (χ3v) is 5.22. The van der Waals surface area contributed by atoms with Gasteiger partial charge < -0.3 is 9.80 Å². The summed E-state index contributed by atoms with van der Waals surface area (Å²) in [6, 6.07) is 6.20. The average molecular weight is 352 g/mol. The van der Waals surface area contributed by atoms with Crippen LogP contribution in [0.3, 0.4) is 0 Å². The second kappa shape index (κ2) is 7.22. The van der Waals surface area contributed by atoms with Crippen LogP contribution in [0.25, 0.3) is 0 Å². The lowest BCUT2D eigenvalue weighted by Crippen LogP contribution is -2.54. The summed E-state index contributed by atoms with van der Waals surface area (Å²) in [6.07, 6.45) is -2.11. The lowest BCUT2D eigenvalue weighted by Gasteiger charge is -2.43. The fourth-order valence-corrected chi connectivity index (χ4v) is 3.84. The number of nitriles is 1. The van der Waals surface area contributed by atoms with Gasteiger partial charge in [-0.2, -0.15) is 18.4 Å². The molecule has 2 aliphatic heterocycles. The lowest BCUT2D eigenvalue weighted by molar-refractivity contribution is -0.137. The quantitative estimate of drug-likeness (QED) is 0.820. The van der Waals surface area contributed by atoms with Gasteiger partial charge in [-0.25, -0.2) is 0 Å². The number of likely N-dealkylation sites (tertiary alicyclic amines) is 1. The number of anilines is 1. The molecule has 0 aromatic heterocycles. The molecule has 0 radical (unpaired) electrons. The first-order valence-corrected chi connectivity index (χ1v) is 8.67. The van der Waals surface area contributed by atoms with Gasteiger partial charge in [0, 0.05) is 44.5 Å². The molecule has 136 valence electrons. The normalized spacial score (nSPS) is 23.5. The molecule has 1 aromatic carbocycles. The van der Waals surface area contributed by atoms with E-state index < -0.39 is 11.7 Å². The fraction of sp³-hybridized carbons (Fsp3) is 0.611. The standard InChI is InChI=1S/C18H23F3N4/c1-23-6-2-3-16(13-23)25-9-7-24(8-10-25)15-5-4-14(12-22)17(11-15)18(19,20)21/h4-5,11,16H,2-3,6-10,13H2,1H3. The second-order valence-electron chi connectivity index (χ2n) is 6.92. The Morgan fingerprint density at radius 3 is 2.44 bits per heavy atom. The Morgan fingerprint density at radius 1 is 1.12 bits per heavy atom. The number of nitrogens with zero attached hydrogens (tertiary/aromatic N) is 4. The van der Waals surface area contributed by atoms with Gasteiger partial charge in [-0.1, -0.05) is 0 Å². The first-order valence-electron chi connectivity index (χ1n) is 8.67. The minimum Gasteiger partial charge on any atom is -0.369 e. The molecule has 0 saturated carbocycles. The molecule has 0 N–H and O–H groups in total. The van der Waals surface area contributed by atoms with E-state index in [1.54, 1.807) is 12.1 Å². The molecule has 0 bridgehead atoms. The molecule has 0 spiro atoms. The number of likely N-dealkylation sites (N-methyl/N-ethyl adjacent to an activating group) is 1. The molecule has 1 aromatic rings. The van der Waals surface area contributed by atoms with Crippen LogP contribution in [0.4, 0.5) is 18.9 Å². The molecule has 4 nitrogen and oxygen atoms in total. The van der Waals surface area contributed by atoms with Gasteiger partial charge in [-0.05, 0) is 44.6 Å². The third-order valence-electron chi connectivity index (χ3n) is 5.22. The molecule has 1 atom stereocenters. The zero-order valence-corrected chi connectivity index (χ0v) is 14.4. The smallest absolute Gasteiger partial charge is 0.369 e. The largest absolute Gasteiger partial charge is 0.417 e. The Labute approximate surface area is 146 Å². The molecule has 7 heteroatoms. The Morgan fingerprint density at radius 2 is 1.84 bits per heavy atom. The highest BCUT2D eigenvalue weighted by Gasteiger charge is 2.34. The topological polar surface area (TPSA) is 33.5 Å². The van der Waals surface area contributed by atoms with Crippen molar-refractivity contribution in [1.82, 2.24) is 9.80 Å². The van der Waals surface area contributed by atoms with E-state index in [4.69, 9.17) is 5.26 Å². The van der Waals surface area contributed by atoms with E-state index in [0.29, 0.717) is 24.8 Å². The minimum atomic E-state index is -4.50. The van der Waals surface area contributed by atoms with Crippen LogP contribution in [0, 0.1) is 11.3 Å². The van der Waals surface area contributed by atoms with Gasteiger partial charge >= 0.3 is 6.18 Å². The van der Waals surface area contributed by atoms with Crippen LogP contribution in [0.5, 0.6) is 0 Å². The number of halogens is 3. The summed E-state index contributed by atoms with van der Waals surface area (Å²) in [7, 11) is 2.14. The number of piperidine rings is 1. The summed E-state index contributed by atoms with van der Waals surface area (Å²) in [5, 5.41) is 8.91. The van der Waals surface area contributed by atoms with E-state index in [1.807, 2.05) is 4.90 Å². The van der Waals surface area contributed by atoms with Crippen molar-refractivity contribution >= 4 is 5.69 Å². The van der Waals surface area contributed by atoms with Crippen molar-refractivity contribution in [2.75, 3.05) is 51.2 Å². The van der Waals surface area contributed by atoms with Gasteiger partial charge in [0.2, 0.25) is 0 Å². The van der Waals surface area contributed by atoms with Gasteiger partial charge in [0.1, 0.15) is 0 Å². The molecule has 1 unspecified atom stereocenters. The van der Waals surface area contributed by atoms with Crippen LogP contribution in [0.1, 0.15) is 24.0 Å². The van der Waals surface area contributed by atoms with Gasteiger partial charge in [0.15, 0.2) is 0 Å². The summed E-state index contributed by atoms with van der Waals surface area (Å²) in [6.45, 7) is 5.35. The van der Waals surface area contributed by atoms with Crippen molar-refractivity contribution in [3.05, 3.63) is 29.3 Å². The zero-order valence-electron chi connectivity index (χ0n) is 14.4. The summed E-state index contributed by atoms with van der Waals surface area (Å²) in [4.78, 5) is 6.79. The third kappa shape index (κ3) is 4.07. The Bertz CT molecular complexity index is 645. The summed E-state index contributed by atoms with van der Waals surface area (Å²) < 4.78 is 39.4. The molecular formula is C18H23F3N4. The SMILES string of the molecule is CN1CCCC(N2CCN(c3ccc(C#N)c(C(F)(F)F)c3)CC2)C1. The predicted octanol–water partition coefficient (Wildman–Crippen LogP) is 2.79. The van der Waals surface area contributed by atoms with Gasteiger partial charge in [0.25, 0.3) is 0 Å². The zero-order chi connectivity index (χ0) is 18.0. The van der Waals surface area contributed by atoms with Crippen LogP contribution < -0.4 is 4.90 Å². The van der Waals surface area contributed by atoms with Crippen molar-refractivity contribution < 1.29 is 13.2 Å². The molecule has 2 heterocycles. The predicted molar refractivity (Wildman–Crippen MR) is 90.5 cm³/mol. The number of piperazine rings is 1. The Balaban J connectivity index is 1.68.